The highest BCUT2D eigenvalue weighted by Gasteiger charge is 2.29. The Kier molecular flexibility index (Phi) is 4.62. The van der Waals surface area contributed by atoms with Crippen LogP contribution in [-0.4, -0.2) is 33.2 Å². The van der Waals surface area contributed by atoms with Crippen molar-refractivity contribution < 1.29 is 4.79 Å². The molecule has 118 valence electrons. The standard InChI is InChI=1S/C17H23N3OS/c1-13-10-14(2)20(18-13)11-16-4-3-8-19(16)17(21)6-5-15-7-9-22-12-15/h7,9-10,12,16H,3-6,8,11H2,1-2H3/t16-/m0/s1. The van der Waals surface area contributed by atoms with Gasteiger partial charge in [-0.3, -0.25) is 9.48 Å². The Balaban J connectivity index is 1.60. The molecule has 0 saturated carbocycles. The first-order chi connectivity index (χ1) is 10.6. The molecule has 4 nitrogen and oxygen atoms in total. The van der Waals surface area contributed by atoms with Gasteiger partial charge in [0.2, 0.25) is 5.91 Å². The number of aromatic nitrogens is 2. The molecule has 2 aromatic heterocycles. The van der Waals surface area contributed by atoms with E-state index in [9.17, 15) is 4.79 Å². The first-order valence-electron chi connectivity index (χ1n) is 7.95. The summed E-state index contributed by atoms with van der Waals surface area (Å²) in [6.45, 7) is 5.82. The van der Waals surface area contributed by atoms with Gasteiger partial charge in [0.15, 0.2) is 0 Å². The van der Waals surface area contributed by atoms with E-state index in [2.05, 4.69) is 39.8 Å². The van der Waals surface area contributed by atoms with E-state index in [1.807, 2.05) is 11.6 Å². The van der Waals surface area contributed by atoms with Crippen molar-refractivity contribution in [1.82, 2.24) is 14.7 Å². The number of rotatable bonds is 5. The van der Waals surface area contributed by atoms with Crippen LogP contribution in [0.3, 0.4) is 0 Å². The molecular weight excluding hydrogens is 294 g/mol. The van der Waals surface area contributed by atoms with E-state index < -0.39 is 0 Å². The zero-order valence-corrected chi connectivity index (χ0v) is 14.1. The highest BCUT2D eigenvalue weighted by Crippen LogP contribution is 2.21. The largest absolute Gasteiger partial charge is 0.338 e. The number of aryl methyl sites for hydroxylation is 3. The Bertz CT molecular complexity index is 632. The molecule has 3 heterocycles. The maximum absolute atomic E-state index is 12.5. The lowest BCUT2D eigenvalue weighted by molar-refractivity contribution is -0.132. The Morgan fingerprint density at radius 3 is 3.00 bits per heavy atom. The third-order valence-corrected chi connectivity index (χ3v) is 5.12. The van der Waals surface area contributed by atoms with E-state index in [0.29, 0.717) is 12.5 Å². The van der Waals surface area contributed by atoms with Crippen LogP contribution < -0.4 is 0 Å². The number of amides is 1. The molecule has 3 rings (SSSR count). The number of hydrogen-bond donors (Lipinski definition) is 0. The molecule has 0 N–H and O–H groups in total. The Labute approximate surface area is 135 Å². The first-order valence-corrected chi connectivity index (χ1v) is 8.89. The zero-order valence-electron chi connectivity index (χ0n) is 13.3. The van der Waals surface area contributed by atoms with Crippen molar-refractivity contribution >= 4 is 17.2 Å². The Morgan fingerprint density at radius 2 is 2.32 bits per heavy atom. The summed E-state index contributed by atoms with van der Waals surface area (Å²) in [6, 6.07) is 4.50. The number of likely N-dealkylation sites (tertiary alicyclic amines) is 1. The molecular formula is C17H23N3OS. The van der Waals surface area contributed by atoms with Crippen LogP contribution in [0.25, 0.3) is 0 Å². The summed E-state index contributed by atoms with van der Waals surface area (Å²) < 4.78 is 2.05. The maximum Gasteiger partial charge on any atom is 0.223 e. The van der Waals surface area contributed by atoms with Crippen molar-refractivity contribution in [3.63, 3.8) is 0 Å². The van der Waals surface area contributed by atoms with Crippen LogP contribution in [0.5, 0.6) is 0 Å². The highest BCUT2D eigenvalue weighted by molar-refractivity contribution is 7.07. The molecule has 0 radical (unpaired) electrons. The predicted molar refractivity (Wildman–Crippen MR) is 89.1 cm³/mol. The van der Waals surface area contributed by atoms with Gasteiger partial charge in [-0.2, -0.15) is 16.4 Å². The van der Waals surface area contributed by atoms with Crippen LogP contribution in [-0.2, 0) is 17.8 Å². The molecule has 0 unspecified atom stereocenters. The molecule has 0 aliphatic carbocycles. The molecule has 1 saturated heterocycles. The minimum absolute atomic E-state index is 0.287. The predicted octanol–water partition coefficient (Wildman–Crippen LogP) is 3.19. The van der Waals surface area contributed by atoms with Crippen molar-refractivity contribution in [2.75, 3.05) is 6.54 Å². The van der Waals surface area contributed by atoms with E-state index in [0.717, 1.165) is 38.0 Å². The normalized spacial score (nSPS) is 18.1. The van der Waals surface area contributed by atoms with Crippen LogP contribution in [0.15, 0.2) is 22.9 Å². The second-order valence-electron chi connectivity index (χ2n) is 6.12. The van der Waals surface area contributed by atoms with Gasteiger partial charge < -0.3 is 4.90 Å². The van der Waals surface area contributed by atoms with Gasteiger partial charge in [-0.1, -0.05) is 0 Å². The molecule has 5 heteroatoms. The topological polar surface area (TPSA) is 38.1 Å². The van der Waals surface area contributed by atoms with Crippen molar-refractivity contribution in [2.24, 2.45) is 0 Å². The molecule has 1 amide bonds. The average molecular weight is 317 g/mol. The van der Waals surface area contributed by atoms with E-state index in [1.165, 1.54) is 11.3 Å². The van der Waals surface area contributed by atoms with Crippen LogP contribution in [0.4, 0.5) is 0 Å². The fourth-order valence-electron chi connectivity index (χ4n) is 3.24. The minimum atomic E-state index is 0.287. The van der Waals surface area contributed by atoms with Crippen LogP contribution in [0.1, 0.15) is 36.2 Å². The Morgan fingerprint density at radius 1 is 1.45 bits per heavy atom. The van der Waals surface area contributed by atoms with E-state index in [-0.39, 0.29) is 5.91 Å². The second-order valence-corrected chi connectivity index (χ2v) is 6.90. The SMILES string of the molecule is Cc1cc(C)n(C[C@@H]2CCCN2C(=O)CCc2ccsc2)n1. The average Bonchev–Trinajstić information content (AvgIpc) is 3.20. The monoisotopic (exact) mass is 317 g/mol. The van der Waals surface area contributed by atoms with Crippen molar-refractivity contribution in [2.45, 2.75) is 52.1 Å². The second kappa shape index (κ2) is 6.65. The summed E-state index contributed by atoms with van der Waals surface area (Å²) in [6.07, 6.45) is 3.66. The summed E-state index contributed by atoms with van der Waals surface area (Å²) in [5.41, 5.74) is 3.49. The fraction of sp³-hybridized carbons (Fsp3) is 0.529. The van der Waals surface area contributed by atoms with Crippen LogP contribution in [0.2, 0.25) is 0 Å². The third-order valence-electron chi connectivity index (χ3n) is 4.39. The van der Waals surface area contributed by atoms with E-state index >= 15 is 0 Å². The zero-order chi connectivity index (χ0) is 15.5. The lowest BCUT2D eigenvalue weighted by Crippen LogP contribution is -2.38. The molecule has 2 aromatic rings. The van der Waals surface area contributed by atoms with E-state index in [4.69, 9.17) is 0 Å². The molecule has 0 spiro atoms. The number of nitrogens with zero attached hydrogens (tertiary/aromatic N) is 3. The van der Waals surface area contributed by atoms with Gasteiger partial charge >= 0.3 is 0 Å². The summed E-state index contributed by atoms with van der Waals surface area (Å²) in [5.74, 6) is 0.287. The molecule has 0 bridgehead atoms. The summed E-state index contributed by atoms with van der Waals surface area (Å²) in [5, 5.41) is 8.73. The summed E-state index contributed by atoms with van der Waals surface area (Å²) in [7, 11) is 0. The minimum Gasteiger partial charge on any atom is -0.338 e. The number of hydrogen-bond acceptors (Lipinski definition) is 3. The summed E-state index contributed by atoms with van der Waals surface area (Å²) >= 11 is 1.69. The Hall–Kier alpha value is -1.62. The third kappa shape index (κ3) is 3.40. The molecule has 1 aliphatic heterocycles. The first kappa shape index (κ1) is 15.3. The highest BCUT2D eigenvalue weighted by atomic mass is 32.1. The van der Waals surface area contributed by atoms with Gasteiger partial charge in [-0.05, 0) is 61.6 Å². The van der Waals surface area contributed by atoms with Gasteiger partial charge in [-0.15, -0.1) is 0 Å². The van der Waals surface area contributed by atoms with Crippen LogP contribution >= 0.6 is 11.3 Å². The van der Waals surface area contributed by atoms with Gasteiger partial charge in [0, 0.05) is 18.7 Å². The fourth-order valence-corrected chi connectivity index (χ4v) is 3.95. The summed E-state index contributed by atoms with van der Waals surface area (Å²) in [4.78, 5) is 14.6. The van der Waals surface area contributed by atoms with Gasteiger partial charge in [0.05, 0.1) is 18.3 Å². The number of carbonyl (C=O) groups is 1. The van der Waals surface area contributed by atoms with Crippen molar-refractivity contribution in [3.05, 3.63) is 39.8 Å². The molecule has 22 heavy (non-hydrogen) atoms. The molecule has 0 aromatic carbocycles. The lowest BCUT2D eigenvalue weighted by atomic mass is 10.1. The van der Waals surface area contributed by atoms with Crippen molar-refractivity contribution in [3.8, 4) is 0 Å². The number of carbonyl (C=O) groups excluding carboxylic acids is 1. The maximum atomic E-state index is 12.5. The molecule has 1 aliphatic rings. The molecule has 1 fully saturated rings. The van der Waals surface area contributed by atoms with Crippen LogP contribution in [0, 0.1) is 13.8 Å². The van der Waals surface area contributed by atoms with Gasteiger partial charge in [0.1, 0.15) is 0 Å². The molecule has 1 atom stereocenters. The van der Waals surface area contributed by atoms with Crippen molar-refractivity contribution in [1.29, 1.82) is 0 Å². The van der Waals surface area contributed by atoms with E-state index in [1.54, 1.807) is 11.3 Å². The lowest BCUT2D eigenvalue weighted by Gasteiger charge is -2.25. The number of thiophene rings is 1. The van der Waals surface area contributed by atoms with Gasteiger partial charge in [-0.25, -0.2) is 0 Å². The quantitative estimate of drug-likeness (QED) is 0.849. The smallest absolute Gasteiger partial charge is 0.223 e. The van der Waals surface area contributed by atoms with Gasteiger partial charge in [0.25, 0.3) is 0 Å².